The molecule has 0 unspecified atom stereocenters. The van der Waals surface area contributed by atoms with E-state index in [1.807, 2.05) is 6.92 Å². The molecule has 1 aliphatic heterocycles. The summed E-state index contributed by atoms with van der Waals surface area (Å²) in [7, 11) is 0. The fraction of sp³-hybridized carbons (Fsp3) is 0.524. The number of aryl methyl sites for hydroxylation is 2. The van der Waals surface area contributed by atoms with E-state index < -0.39 is 0 Å². The third-order valence-electron chi connectivity index (χ3n) is 5.39. The molecule has 0 N–H and O–H groups in total. The molecule has 3 heterocycles. The summed E-state index contributed by atoms with van der Waals surface area (Å²) in [5.41, 5.74) is 2.77. The highest BCUT2D eigenvalue weighted by molar-refractivity contribution is 5.83. The number of rotatable bonds is 7. The third-order valence-corrected chi connectivity index (χ3v) is 5.39. The molecule has 144 valence electrons. The van der Waals surface area contributed by atoms with E-state index in [1.165, 1.54) is 16.5 Å². The van der Waals surface area contributed by atoms with Crippen molar-refractivity contribution in [1.29, 1.82) is 0 Å². The fourth-order valence-electron chi connectivity index (χ4n) is 3.95. The molecule has 0 bridgehead atoms. The normalized spacial score (nSPS) is 16.4. The van der Waals surface area contributed by atoms with Gasteiger partial charge < -0.3 is 13.8 Å². The molecular weight excluding hydrogens is 340 g/mol. The van der Waals surface area contributed by atoms with Gasteiger partial charge in [0, 0.05) is 56.6 Å². The summed E-state index contributed by atoms with van der Waals surface area (Å²) in [4.78, 5) is 6.76. The summed E-state index contributed by atoms with van der Waals surface area (Å²) in [6.45, 7) is 8.86. The number of para-hydroxylation sites is 1. The van der Waals surface area contributed by atoms with E-state index in [9.17, 15) is 0 Å². The van der Waals surface area contributed by atoms with Gasteiger partial charge in [0.1, 0.15) is 0 Å². The smallest absolute Gasteiger partial charge is 0.223 e. The Bertz CT molecular complexity index is 877. The summed E-state index contributed by atoms with van der Waals surface area (Å²) in [5.74, 6) is 1.35. The predicted octanol–water partition coefficient (Wildman–Crippen LogP) is 3.58. The molecule has 1 aromatic carbocycles. The molecule has 4 rings (SSSR count). The number of nitrogens with zero attached hydrogens (tertiary/aromatic N) is 4. The first-order chi connectivity index (χ1) is 13.2. The highest BCUT2D eigenvalue weighted by Gasteiger charge is 2.21. The van der Waals surface area contributed by atoms with Crippen molar-refractivity contribution in [3.8, 4) is 0 Å². The van der Waals surface area contributed by atoms with Crippen molar-refractivity contribution >= 4 is 10.9 Å². The molecule has 0 atom stereocenters. The van der Waals surface area contributed by atoms with Gasteiger partial charge in [-0.05, 0) is 31.4 Å². The molecule has 6 heteroatoms. The van der Waals surface area contributed by atoms with Crippen LogP contribution in [0.25, 0.3) is 10.9 Å². The second-order valence-electron chi connectivity index (χ2n) is 7.28. The average Bonchev–Trinajstić information content (AvgIpc) is 3.27. The Morgan fingerprint density at radius 2 is 2.04 bits per heavy atom. The number of hydrogen-bond acceptors (Lipinski definition) is 5. The predicted molar refractivity (Wildman–Crippen MR) is 105 cm³/mol. The number of aromatic nitrogens is 3. The van der Waals surface area contributed by atoms with Gasteiger partial charge >= 0.3 is 0 Å². The summed E-state index contributed by atoms with van der Waals surface area (Å²) < 4.78 is 13.4. The van der Waals surface area contributed by atoms with Crippen molar-refractivity contribution in [3.63, 3.8) is 0 Å². The van der Waals surface area contributed by atoms with Gasteiger partial charge in [-0.3, -0.25) is 4.90 Å². The van der Waals surface area contributed by atoms with Gasteiger partial charge in [-0.1, -0.05) is 23.4 Å². The maximum Gasteiger partial charge on any atom is 0.223 e. The lowest BCUT2D eigenvalue weighted by Gasteiger charge is -2.31. The van der Waals surface area contributed by atoms with Crippen LogP contribution in [0.3, 0.4) is 0 Å². The topological polar surface area (TPSA) is 56.3 Å². The standard InChI is InChI=1S/C21H28N4O2/c1-3-25-15-17(19-6-4-5-7-20(19)25)14-24-11-8-18(9-12-24)26-13-10-21-22-16(2)27-23-21/h4-7,15,18H,3,8-14H2,1-2H3. The molecule has 3 aromatic rings. The zero-order valence-corrected chi connectivity index (χ0v) is 16.2. The Morgan fingerprint density at radius 1 is 1.22 bits per heavy atom. The maximum absolute atomic E-state index is 6.03. The number of benzene rings is 1. The Balaban J connectivity index is 1.27. The molecule has 1 fully saturated rings. The van der Waals surface area contributed by atoms with Gasteiger partial charge in [-0.25, -0.2) is 0 Å². The molecule has 0 spiro atoms. The molecule has 0 amide bonds. The monoisotopic (exact) mass is 368 g/mol. The Hall–Kier alpha value is -2.18. The van der Waals surface area contributed by atoms with E-state index in [0.29, 0.717) is 25.0 Å². The lowest BCUT2D eigenvalue weighted by Crippen LogP contribution is -2.36. The molecular formula is C21H28N4O2. The van der Waals surface area contributed by atoms with Gasteiger partial charge in [-0.15, -0.1) is 0 Å². The van der Waals surface area contributed by atoms with E-state index in [1.54, 1.807) is 0 Å². The van der Waals surface area contributed by atoms with E-state index in [2.05, 4.69) is 57.0 Å². The fourth-order valence-corrected chi connectivity index (χ4v) is 3.95. The SMILES string of the molecule is CCn1cc(CN2CCC(OCCc3noc(C)n3)CC2)c2ccccc21. The van der Waals surface area contributed by atoms with E-state index in [-0.39, 0.29) is 0 Å². The van der Waals surface area contributed by atoms with Crippen LogP contribution in [0, 0.1) is 6.92 Å². The van der Waals surface area contributed by atoms with Crippen LogP contribution in [0.2, 0.25) is 0 Å². The van der Waals surface area contributed by atoms with Gasteiger partial charge in [0.05, 0.1) is 12.7 Å². The minimum Gasteiger partial charge on any atom is -0.378 e. The van der Waals surface area contributed by atoms with Crippen molar-refractivity contribution in [2.75, 3.05) is 19.7 Å². The van der Waals surface area contributed by atoms with Gasteiger partial charge in [0.15, 0.2) is 5.82 Å². The second kappa shape index (κ2) is 8.23. The molecule has 1 saturated heterocycles. The van der Waals surface area contributed by atoms with E-state index in [0.717, 1.165) is 44.8 Å². The van der Waals surface area contributed by atoms with Crippen molar-refractivity contribution in [2.45, 2.75) is 52.3 Å². The van der Waals surface area contributed by atoms with Crippen LogP contribution in [-0.2, 0) is 24.2 Å². The van der Waals surface area contributed by atoms with Gasteiger partial charge in [-0.2, -0.15) is 4.98 Å². The first-order valence-corrected chi connectivity index (χ1v) is 9.93. The van der Waals surface area contributed by atoms with Crippen LogP contribution in [-0.4, -0.2) is 45.4 Å². The largest absolute Gasteiger partial charge is 0.378 e. The van der Waals surface area contributed by atoms with Crippen LogP contribution in [0.15, 0.2) is 35.0 Å². The maximum atomic E-state index is 6.03. The van der Waals surface area contributed by atoms with Crippen molar-refractivity contribution in [1.82, 2.24) is 19.6 Å². The summed E-state index contributed by atoms with van der Waals surface area (Å²) >= 11 is 0. The molecule has 6 nitrogen and oxygen atoms in total. The lowest BCUT2D eigenvalue weighted by atomic mass is 10.1. The van der Waals surface area contributed by atoms with Gasteiger partial charge in [0.25, 0.3) is 0 Å². The molecule has 0 radical (unpaired) electrons. The highest BCUT2D eigenvalue weighted by Crippen LogP contribution is 2.24. The average molecular weight is 368 g/mol. The number of ether oxygens (including phenoxy) is 1. The molecule has 0 saturated carbocycles. The summed E-state index contributed by atoms with van der Waals surface area (Å²) in [6.07, 6.45) is 5.54. The number of hydrogen-bond donors (Lipinski definition) is 0. The van der Waals surface area contributed by atoms with E-state index in [4.69, 9.17) is 9.26 Å². The minimum absolute atomic E-state index is 0.339. The second-order valence-corrected chi connectivity index (χ2v) is 7.28. The molecule has 0 aliphatic carbocycles. The van der Waals surface area contributed by atoms with Crippen molar-refractivity contribution in [3.05, 3.63) is 47.7 Å². The zero-order valence-electron chi connectivity index (χ0n) is 16.2. The Labute approximate surface area is 160 Å². The number of fused-ring (bicyclic) bond motifs is 1. The van der Waals surface area contributed by atoms with E-state index >= 15 is 0 Å². The van der Waals surface area contributed by atoms with Crippen LogP contribution < -0.4 is 0 Å². The highest BCUT2D eigenvalue weighted by atomic mass is 16.5. The number of piperidine rings is 1. The summed E-state index contributed by atoms with van der Waals surface area (Å²) in [5, 5.41) is 5.30. The number of likely N-dealkylation sites (tertiary alicyclic amines) is 1. The van der Waals surface area contributed by atoms with Gasteiger partial charge in [0.2, 0.25) is 5.89 Å². The first kappa shape index (κ1) is 18.2. The van der Waals surface area contributed by atoms with Crippen LogP contribution >= 0.6 is 0 Å². The third kappa shape index (κ3) is 4.22. The van der Waals surface area contributed by atoms with Crippen molar-refractivity contribution in [2.24, 2.45) is 0 Å². The van der Waals surface area contributed by atoms with Crippen LogP contribution in [0.5, 0.6) is 0 Å². The molecule has 1 aliphatic rings. The lowest BCUT2D eigenvalue weighted by molar-refractivity contribution is 0.00683. The minimum atomic E-state index is 0.339. The van der Waals surface area contributed by atoms with Crippen LogP contribution in [0.4, 0.5) is 0 Å². The molecule has 2 aromatic heterocycles. The zero-order chi connectivity index (χ0) is 18.6. The molecule has 27 heavy (non-hydrogen) atoms. The first-order valence-electron chi connectivity index (χ1n) is 9.93. The quantitative estimate of drug-likeness (QED) is 0.638. The van der Waals surface area contributed by atoms with Crippen LogP contribution in [0.1, 0.15) is 37.0 Å². The Morgan fingerprint density at radius 3 is 2.78 bits per heavy atom. The summed E-state index contributed by atoms with van der Waals surface area (Å²) in [6, 6.07) is 8.72. The van der Waals surface area contributed by atoms with Crippen molar-refractivity contribution < 1.29 is 9.26 Å². The Kier molecular flexibility index (Phi) is 5.55.